The Balaban J connectivity index is 1.69. The lowest BCUT2D eigenvalue weighted by Gasteiger charge is -2.27. The molecule has 0 saturated carbocycles. The first-order valence-corrected chi connectivity index (χ1v) is 8.16. The van der Waals surface area contributed by atoms with Gasteiger partial charge < -0.3 is 9.47 Å². The zero-order valence-corrected chi connectivity index (χ0v) is 13.0. The van der Waals surface area contributed by atoms with Gasteiger partial charge in [0, 0.05) is 24.1 Å². The van der Waals surface area contributed by atoms with Crippen LogP contribution in [0.25, 0.3) is 0 Å². The van der Waals surface area contributed by atoms with Crippen LogP contribution in [0.3, 0.4) is 0 Å². The van der Waals surface area contributed by atoms with Crippen LogP contribution in [0.1, 0.15) is 36.8 Å². The summed E-state index contributed by atoms with van der Waals surface area (Å²) in [4.78, 5) is 0. The highest BCUT2D eigenvalue weighted by molar-refractivity contribution is 6.30. The number of hydrogen-bond donors (Lipinski definition) is 2. The van der Waals surface area contributed by atoms with E-state index in [1.165, 1.54) is 18.4 Å². The van der Waals surface area contributed by atoms with E-state index in [0.29, 0.717) is 6.10 Å². The molecule has 4 nitrogen and oxygen atoms in total. The topological polar surface area (TPSA) is 56.5 Å². The predicted octanol–water partition coefficient (Wildman–Crippen LogP) is 2.61. The van der Waals surface area contributed by atoms with Gasteiger partial charge in [-0.3, -0.25) is 11.3 Å². The van der Waals surface area contributed by atoms with Crippen molar-refractivity contribution >= 4 is 11.6 Å². The van der Waals surface area contributed by atoms with Crippen LogP contribution in [-0.4, -0.2) is 25.4 Å². The predicted molar refractivity (Wildman–Crippen MR) is 83.7 cm³/mol. The number of fused-ring (bicyclic) bond motifs is 1. The van der Waals surface area contributed by atoms with Crippen LogP contribution >= 0.6 is 11.6 Å². The normalized spacial score (nSPS) is 22.7. The molecule has 2 heterocycles. The lowest BCUT2D eigenvalue weighted by Crippen LogP contribution is -2.40. The Labute approximate surface area is 130 Å². The molecule has 2 atom stereocenters. The number of nitrogens with two attached hydrogens (primary N) is 1. The largest absolute Gasteiger partial charge is 0.493 e. The molecule has 21 heavy (non-hydrogen) atoms. The highest BCUT2D eigenvalue weighted by Crippen LogP contribution is 2.34. The summed E-state index contributed by atoms with van der Waals surface area (Å²) < 4.78 is 11.6. The third kappa shape index (κ3) is 3.69. The van der Waals surface area contributed by atoms with Crippen LogP contribution in [-0.2, 0) is 17.6 Å². The van der Waals surface area contributed by atoms with Crippen molar-refractivity contribution in [2.45, 2.75) is 50.7 Å². The first-order chi connectivity index (χ1) is 10.3. The average molecular weight is 311 g/mol. The summed E-state index contributed by atoms with van der Waals surface area (Å²) in [5, 5.41) is 0.777. The zero-order valence-electron chi connectivity index (χ0n) is 12.2. The molecule has 0 spiro atoms. The van der Waals surface area contributed by atoms with Crippen LogP contribution in [0.2, 0.25) is 5.02 Å². The fourth-order valence-corrected chi connectivity index (χ4v) is 3.55. The molecule has 2 aliphatic rings. The third-order valence-corrected chi connectivity index (χ3v) is 4.57. The molecule has 0 aliphatic carbocycles. The molecule has 0 amide bonds. The van der Waals surface area contributed by atoms with Crippen molar-refractivity contribution in [3.05, 3.63) is 28.3 Å². The van der Waals surface area contributed by atoms with Gasteiger partial charge in [-0.15, -0.1) is 0 Å². The molecule has 0 bridgehead atoms. The summed E-state index contributed by atoms with van der Waals surface area (Å²) >= 11 is 6.22. The Kier molecular flexibility index (Phi) is 5.01. The summed E-state index contributed by atoms with van der Waals surface area (Å²) in [6.07, 6.45) is 6.55. The van der Waals surface area contributed by atoms with Gasteiger partial charge >= 0.3 is 0 Å². The Morgan fingerprint density at radius 3 is 3.00 bits per heavy atom. The molecule has 1 aromatic carbocycles. The van der Waals surface area contributed by atoms with E-state index in [0.717, 1.165) is 55.2 Å². The van der Waals surface area contributed by atoms with E-state index in [4.69, 9.17) is 26.9 Å². The standard InChI is InChI=1S/C16H23ClN2O2/c17-13-7-11-4-6-21-16(11)12(8-13)9-14(19-18)10-15-3-1-2-5-20-15/h7-8,14-15,19H,1-6,9-10,18H2. The van der Waals surface area contributed by atoms with Gasteiger partial charge in [0.2, 0.25) is 0 Å². The molecule has 3 rings (SSSR count). The number of hydrogen-bond acceptors (Lipinski definition) is 4. The molecular formula is C16H23ClN2O2. The molecule has 5 heteroatoms. The van der Waals surface area contributed by atoms with Crippen LogP contribution in [0.15, 0.2) is 12.1 Å². The smallest absolute Gasteiger partial charge is 0.125 e. The van der Waals surface area contributed by atoms with Crippen molar-refractivity contribution in [3.63, 3.8) is 0 Å². The second kappa shape index (κ2) is 6.97. The van der Waals surface area contributed by atoms with Crippen molar-refractivity contribution in [1.82, 2.24) is 5.43 Å². The highest BCUT2D eigenvalue weighted by atomic mass is 35.5. The highest BCUT2D eigenvalue weighted by Gasteiger charge is 2.23. The van der Waals surface area contributed by atoms with Crippen molar-refractivity contribution in [3.8, 4) is 5.75 Å². The van der Waals surface area contributed by atoms with Gasteiger partial charge in [0.25, 0.3) is 0 Å². The minimum atomic E-state index is 0.180. The second-order valence-electron chi connectivity index (χ2n) is 5.94. The van der Waals surface area contributed by atoms with Crippen LogP contribution in [0.4, 0.5) is 0 Å². The molecule has 1 saturated heterocycles. The minimum Gasteiger partial charge on any atom is -0.493 e. The first-order valence-electron chi connectivity index (χ1n) is 7.78. The van der Waals surface area contributed by atoms with Gasteiger partial charge in [-0.25, -0.2) is 0 Å². The third-order valence-electron chi connectivity index (χ3n) is 4.35. The summed E-state index contributed by atoms with van der Waals surface area (Å²) in [5.74, 6) is 6.75. The van der Waals surface area contributed by atoms with E-state index < -0.39 is 0 Å². The zero-order chi connectivity index (χ0) is 14.7. The first kappa shape index (κ1) is 15.1. The maximum atomic E-state index is 6.22. The van der Waals surface area contributed by atoms with E-state index in [2.05, 4.69) is 5.43 Å². The van der Waals surface area contributed by atoms with E-state index in [9.17, 15) is 0 Å². The molecular weight excluding hydrogens is 288 g/mol. The van der Waals surface area contributed by atoms with Gasteiger partial charge in [0.05, 0.1) is 12.7 Å². The van der Waals surface area contributed by atoms with Gasteiger partial charge in [-0.1, -0.05) is 11.6 Å². The maximum absolute atomic E-state index is 6.22. The molecule has 0 aromatic heterocycles. The van der Waals surface area contributed by atoms with Crippen molar-refractivity contribution in [2.75, 3.05) is 13.2 Å². The fraction of sp³-hybridized carbons (Fsp3) is 0.625. The summed E-state index contributed by atoms with van der Waals surface area (Å²) in [6.45, 7) is 1.62. The summed E-state index contributed by atoms with van der Waals surface area (Å²) in [5.41, 5.74) is 5.29. The number of hydrazine groups is 1. The monoisotopic (exact) mass is 310 g/mol. The quantitative estimate of drug-likeness (QED) is 0.648. The van der Waals surface area contributed by atoms with Crippen LogP contribution in [0.5, 0.6) is 5.75 Å². The van der Waals surface area contributed by atoms with Crippen molar-refractivity contribution in [1.29, 1.82) is 0 Å². The van der Waals surface area contributed by atoms with Gasteiger partial charge in [-0.05, 0) is 55.4 Å². The molecule has 0 radical (unpaired) electrons. The number of rotatable bonds is 5. The second-order valence-corrected chi connectivity index (χ2v) is 6.38. The molecule has 1 fully saturated rings. The fourth-order valence-electron chi connectivity index (χ4n) is 3.28. The Morgan fingerprint density at radius 1 is 1.33 bits per heavy atom. The van der Waals surface area contributed by atoms with E-state index in [1.54, 1.807) is 0 Å². The van der Waals surface area contributed by atoms with Crippen molar-refractivity contribution < 1.29 is 9.47 Å². The minimum absolute atomic E-state index is 0.180. The Bertz CT molecular complexity index is 489. The average Bonchev–Trinajstić information content (AvgIpc) is 2.96. The molecule has 3 N–H and O–H groups in total. The maximum Gasteiger partial charge on any atom is 0.125 e. The molecule has 1 aromatic rings. The van der Waals surface area contributed by atoms with E-state index in [1.807, 2.05) is 12.1 Å². The number of ether oxygens (including phenoxy) is 2. The molecule has 2 unspecified atom stereocenters. The lowest BCUT2D eigenvalue weighted by atomic mass is 9.96. The molecule has 116 valence electrons. The number of halogens is 1. The molecule has 2 aliphatic heterocycles. The summed E-state index contributed by atoms with van der Waals surface area (Å²) in [6, 6.07) is 4.18. The lowest BCUT2D eigenvalue weighted by molar-refractivity contribution is 0.00521. The van der Waals surface area contributed by atoms with Crippen LogP contribution < -0.4 is 16.0 Å². The SMILES string of the molecule is NNC(Cc1cc(Cl)cc2c1OCC2)CC1CCCCO1. The van der Waals surface area contributed by atoms with Gasteiger partial charge in [0.1, 0.15) is 5.75 Å². The van der Waals surface area contributed by atoms with Gasteiger partial charge in [-0.2, -0.15) is 0 Å². The number of benzene rings is 1. The van der Waals surface area contributed by atoms with Crippen LogP contribution in [0, 0.1) is 0 Å². The number of nitrogens with one attached hydrogen (secondary N) is 1. The van der Waals surface area contributed by atoms with E-state index in [-0.39, 0.29) is 6.04 Å². The Hall–Kier alpha value is -0.810. The Morgan fingerprint density at radius 2 is 2.24 bits per heavy atom. The summed E-state index contributed by atoms with van der Waals surface area (Å²) in [7, 11) is 0. The van der Waals surface area contributed by atoms with Gasteiger partial charge in [0.15, 0.2) is 0 Å². The van der Waals surface area contributed by atoms with E-state index >= 15 is 0 Å². The van der Waals surface area contributed by atoms with Crippen molar-refractivity contribution in [2.24, 2.45) is 5.84 Å².